The van der Waals surface area contributed by atoms with Crippen molar-refractivity contribution in [2.45, 2.75) is 6.54 Å². The standard InChI is InChI=1S/C10H8N2S2/c11-6-8-3-4-10(14-8)12-7-9-2-1-5-13-9/h1-5,12H,7H2. The van der Waals surface area contributed by atoms with Crippen LogP contribution in [0.1, 0.15) is 9.75 Å². The first-order valence-electron chi connectivity index (χ1n) is 4.14. The Morgan fingerprint density at radius 2 is 2.29 bits per heavy atom. The first-order valence-corrected chi connectivity index (χ1v) is 5.84. The van der Waals surface area contributed by atoms with Crippen LogP contribution in [0.2, 0.25) is 0 Å². The summed E-state index contributed by atoms with van der Waals surface area (Å²) < 4.78 is 0. The van der Waals surface area contributed by atoms with Crippen LogP contribution < -0.4 is 5.32 Å². The molecule has 2 aromatic rings. The first-order chi connectivity index (χ1) is 6.88. The van der Waals surface area contributed by atoms with Gasteiger partial charge in [-0.1, -0.05) is 6.07 Å². The van der Waals surface area contributed by atoms with Gasteiger partial charge in [-0.05, 0) is 23.6 Å². The maximum absolute atomic E-state index is 8.64. The summed E-state index contributed by atoms with van der Waals surface area (Å²) >= 11 is 3.22. The first kappa shape index (κ1) is 9.25. The molecule has 2 nitrogen and oxygen atoms in total. The monoisotopic (exact) mass is 220 g/mol. The molecule has 0 aliphatic heterocycles. The van der Waals surface area contributed by atoms with E-state index >= 15 is 0 Å². The van der Waals surface area contributed by atoms with E-state index in [-0.39, 0.29) is 0 Å². The van der Waals surface area contributed by atoms with E-state index in [0.29, 0.717) is 0 Å². The smallest absolute Gasteiger partial charge is 0.110 e. The Labute approximate surface area is 90.4 Å². The van der Waals surface area contributed by atoms with Crippen LogP contribution in [0.4, 0.5) is 5.00 Å². The Morgan fingerprint density at radius 3 is 2.93 bits per heavy atom. The molecule has 2 rings (SSSR count). The van der Waals surface area contributed by atoms with Gasteiger partial charge in [-0.15, -0.1) is 22.7 Å². The second kappa shape index (κ2) is 4.27. The summed E-state index contributed by atoms with van der Waals surface area (Å²) in [6, 6.07) is 10.0. The van der Waals surface area contributed by atoms with Crippen molar-refractivity contribution in [3.05, 3.63) is 39.4 Å². The molecule has 0 aliphatic carbocycles. The number of nitriles is 1. The zero-order valence-corrected chi connectivity index (χ0v) is 8.99. The van der Waals surface area contributed by atoms with E-state index in [1.165, 1.54) is 16.2 Å². The molecule has 0 fully saturated rings. The largest absolute Gasteiger partial charge is 0.372 e. The van der Waals surface area contributed by atoms with Crippen molar-refractivity contribution in [2.75, 3.05) is 5.32 Å². The molecule has 1 N–H and O–H groups in total. The summed E-state index contributed by atoms with van der Waals surface area (Å²) in [7, 11) is 0. The third kappa shape index (κ3) is 2.13. The minimum atomic E-state index is 0.749. The highest BCUT2D eigenvalue weighted by Gasteiger charge is 1.98. The van der Waals surface area contributed by atoms with Crippen LogP contribution in [-0.2, 0) is 6.54 Å². The van der Waals surface area contributed by atoms with Gasteiger partial charge in [0.25, 0.3) is 0 Å². The molecule has 0 amide bonds. The molecule has 0 aliphatic rings. The maximum atomic E-state index is 8.64. The molecule has 70 valence electrons. The van der Waals surface area contributed by atoms with Crippen LogP contribution >= 0.6 is 22.7 Å². The van der Waals surface area contributed by atoms with Crippen molar-refractivity contribution in [1.29, 1.82) is 5.26 Å². The Hall–Kier alpha value is -1.31. The van der Waals surface area contributed by atoms with E-state index in [2.05, 4.69) is 22.8 Å². The van der Waals surface area contributed by atoms with E-state index < -0.39 is 0 Å². The second-order valence-corrected chi connectivity index (χ2v) is 4.82. The molecule has 14 heavy (non-hydrogen) atoms. The normalized spacial score (nSPS) is 9.64. The van der Waals surface area contributed by atoms with E-state index in [0.717, 1.165) is 16.4 Å². The van der Waals surface area contributed by atoms with Crippen LogP contribution in [0.15, 0.2) is 29.6 Å². The predicted octanol–water partition coefficient (Wildman–Crippen LogP) is 3.29. The Bertz CT molecular complexity index is 437. The van der Waals surface area contributed by atoms with Gasteiger partial charge in [0, 0.05) is 4.88 Å². The van der Waals surface area contributed by atoms with Gasteiger partial charge < -0.3 is 5.32 Å². The molecule has 0 saturated heterocycles. The molecule has 0 aromatic carbocycles. The zero-order chi connectivity index (χ0) is 9.80. The summed E-state index contributed by atoms with van der Waals surface area (Å²) in [5.41, 5.74) is 0. The van der Waals surface area contributed by atoms with Crippen molar-refractivity contribution in [2.24, 2.45) is 0 Å². The zero-order valence-electron chi connectivity index (χ0n) is 7.36. The van der Waals surface area contributed by atoms with Crippen LogP contribution in [0.3, 0.4) is 0 Å². The Kier molecular flexibility index (Phi) is 2.82. The molecule has 2 aromatic heterocycles. The average Bonchev–Trinajstić information content (AvgIpc) is 2.86. The predicted molar refractivity (Wildman–Crippen MR) is 60.7 cm³/mol. The van der Waals surface area contributed by atoms with Crippen LogP contribution in [0.5, 0.6) is 0 Å². The van der Waals surface area contributed by atoms with Gasteiger partial charge in [0.1, 0.15) is 10.9 Å². The number of rotatable bonds is 3. The molecule has 0 spiro atoms. The lowest BCUT2D eigenvalue weighted by Gasteiger charge is -1.99. The summed E-state index contributed by atoms with van der Waals surface area (Å²) in [5, 5.41) is 15.0. The number of nitrogens with one attached hydrogen (secondary N) is 1. The highest BCUT2D eigenvalue weighted by Crippen LogP contribution is 2.22. The van der Waals surface area contributed by atoms with E-state index in [9.17, 15) is 0 Å². The molecule has 2 heterocycles. The van der Waals surface area contributed by atoms with Crippen molar-refractivity contribution in [3.63, 3.8) is 0 Å². The molecular weight excluding hydrogens is 212 g/mol. The second-order valence-electron chi connectivity index (χ2n) is 2.71. The van der Waals surface area contributed by atoms with Gasteiger partial charge in [-0.25, -0.2) is 0 Å². The lowest BCUT2D eigenvalue weighted by Crippen LogP contribution is -1.94. The minimum Gasteiger partial charge on any atom is -0.372 e. The maximum Gasteiger partial charge on any atom is 0.110 e. The van der Waals surface area contributed by atoms with Crippen molar-refractivity contribution < 1.29 is 0 Å². The number of hydrogen-bond donors (Lipinski definition) is 1. The number of nitrogens with zero attached hydrogens (tertiary/aromatic N) is 1. The number of anilines is 1. The Balaban J connectivity index is 1.96. The highest BCUT2D eigenvalue weighted by molar-refractivity contribution is 7.16. The number of hydrogen-bond acceptors (Lipinski definition) is 4. The molecule has 4 heteroatoms. The van der Waals surface area contributed by atoms with E-state index in [1.54, 1.807) is 11.3 Å². The molecular formula is C10H8N2S2. The summed E-state index contributed by atoms with van der Waals surface area (Å²) in [6.45, 7) is 0.836. The topological polar surface area (TPSA) is 35.8 Å². The molecule has 0 atom stereocenters. The van der Waals surface area contributed by atoms with Crippen LogP contribution in [0, 0.1) is 11.3 Å². The van der Waals surface area contributed by atoms with Gasteiger partial charge in [0.15, 0.2) is 0 Å². The van der Waals surface area contributed by atoms with Gasteiger partial charge in [0.2, 0.25) is 0 Å². The fourth-order valence-corrected chi connectivity index (χ4v) is 2.42. The SMILES string of the molecule is N#Cc1ccc(NCc2cccs2)s1. The van der Waals surface area contributed by atoms with Crippen molar-refractivity contribution in [1.82, 2.24) is 0 Å². The van der Waals surface area contributed by atoms with Crippen LogP contribution in [0.25, 0.3) is 0 Å². The van der Waals surface area contributed by atoms with Crippen LogP contribution in [-0.4, -0.2) is 0 Å². The van der Waals surface area contributed by atoms with Crippen molar-refractivity contribution >= 4 is 27.7 Å². The van der Waals surface area contributed by atoms with E-state index in [4.69, 9.17) is 5.26 Å². The summed E-state index contributed by atoms with van der Waals surface area (Å²) in [6.07, 6.45) is 0. The number of thiophene rings is 2. The fraction of sp³-hybridized carbons (Fsp3) is 0.100. The van der Waals surface area contributed by atoms with Crippen molar-refractivity contribution in [3.8, 4) is 6.07 Å². The molecule has 0 unspecified atom stereocenters. The molecule has 0 saturated carbocycles. The third-order valence-electron chi connectivity index (χ3n) is 1.73. The fourth-order valence-electron chi connectivity index (χ4n) is 1.08. The molecule has 0 radical (unpaired) electrons. The minimum absolute atomic E-state index is 0.749. The molecule has 0 bridgehead atoms. The summed E-state index contributed by atoms with van der Waals surface area (Å²) in [5.74, 6) is 0. The van der Waals surface area contributed by atoms with Gasteiger partial charge in [-0.3, -0.25) is 0 Å². The average molecular weight is 220 g/mol. The van der Waals surface area contributed by atoms with Gasteiger partial charge in [0.05, 0.1) is 11.5 Å². The van der Waals surface area contributed by atoms with E-state index in [1.807, 2.05) is 18.2 Å². The Morgan fingerprint density at radius 1 is 1.36 bits per heavy atom. The summed E-state index contributed by atoms with van der Waals surface area (Å²) in [4.78, 5) is 2.05. The van der Waals surface area contributed by atoms with Gasteiger partial charge >= 0.3 is 0 Å². The highest BCUT2D eigenvalue weighted by atomic mass is 32.1. The quantitative estimate of drug-likeness (QED) is 0.861. The lowest BCUT2D eigenvalue weighted by molar-refractivity contribution is 1.21. The third-order valence-corrected chi connectivity index (χ3v) is 3.56. The lowest BCUT2D eigenvalue weighted by atomic mass is 10.4. The van der Waals surface area contributed by atoms with Gasteiger partial charge in [-0.2, -0.15) is 5.26 Å².